The fourth-order valence-corrected chi connectivity index (χ4v) is 7.58. The Morgan fingerprint density at radius 3 is 2.73 bits per heavy atom. The molecule has 124 valence electrons. The molecule has 4 aliphatic rings. The maximum Gasteiger partial charge on any atom is -0.00546 e. The summed E-state index contributed by atoms with van der Waals surface area (Å²) >= 11 is 0. The fourth-order valence-electron chi connectivity index (χ4n) is 7.58. The predicted octanol–water partition coefficient (Wildman–Crippen LogP) is 6.76. The minimum atomic E-state index is 0.624. The van der Waals surface area contributed by atoms with Crippen molar-refractivity contribution in [3.05, 3.63) is 11.6 Å². The van der Waals surface area contributed by atoms with E-state index in [0.29, 0.717) is 10.8 Å². The van der Waals surface area contributed by atoms with Gasteiger partial charge in [-0.15, -0.1) is 0 Å². The van der Waals surface area contributed by atoms with E-state index in [1.807, 2.05) is 5.57 Å². The van der Waals surface area contributed by atoms with Gasteiger partial charge < -0.3 is 0 Å². The highest BCUT2D eigenvalue weighted by molar-refractivity contribution is 5.25. The van der Waals surface area contributed by atoms with E-state index in [4.69, 9.17) is 0 Å². The Kier molecular flexibility index (Phi) is 3.74. The monoisotopic (exact) mass is 300 g/mol. The summed E-state index contributed by atoms with van der Waals surface area (Å²) in [5, 5.41) is 0. The largest absolute Gasteiger partial charge is 0.0845 e. The zero-order valence-electron chi connectivity index (χ0n) is 15.2. The molecule has 0 heterocycles. The summed E-state index contributed by atoms with van der Waals surface area (Å²) in [5.41, 5.74) is 3.25. The molecule has 0 nitrogen and oxygen atoms in total. The molecular formula is C22H36. The highest BCUT2D eigenvalue weighted by Gasteiger charge is 2.56. The summed E-state index contributed by atoms with van der Waals surface area (Å²) in [6, 6.07) is 0. The van der Waals surface area contributed by atoms with Crippen LogP contribution in [0.1, 0.15) is 91.4 Å². The number of hydrogen-bond acceptors (Lipinski definition) is 0. The van der Waals surface area contributed by atoms with Crippen molar-refractivity contribution < 1.29 is 0 Å². The first-order chi connectivity index (χ1) is 10.6. The fraction of sp³-hybridized carbons (Fsp3) is 0.909. The minimum absolute atomic E-state index is 0.624. The lowest BCUT2D eigenvalue weighted by Crippen LogP contribution is -2.49. The van der Waals surface area contributed by atoms with Gasteiger partial charge in [0.25, 0.3) is 0 Å². The Morgan fingerprint density at radius 2 is 1.91 bits per heavy atom. The van der Waals surface area contributed by atoms with Crippen LogP contribution in [0.2, 0.25) is 0 Å². The smallest absolute Gasteiger partial charge is 0.00546 e. The first-order valence-electron chi connectivity index (χ1n) is 10.2. The van der Waals surface area contributed by atoms with Gasteiger partial charge in [-0.2, -0.15) is 0 Å². The SMILES string of the molecule is CC(C)C[C@]12CCCCC1=CC[C@@H]1[C@H]2CC[C@]2(C)CCC[C@@H]12. The zero-order valence-corrected chi connectivity index (χ0v) is 15.2. The van der Waals surface area contributed by atoms with Crippen molar-refractivity contribution in [2.45, 2.75) is 91.4 Å². The van der Waals surface area contributed by atoms with Gasteiger partial charge in [0.1, 0.15) is 0 Å². The molecule has 5 atom stereocenters. The van der Waals surface area contributed by atoms with Gasteiger partial charge in [-0.3, -0.25) is 0 Å². The average molecular weight is 301 g/mol. The first-order valence-corrected chi connectivity index (χ1v) is 10.2. The van der Waals surface area contributed by atoms with Crippen LogP contribution >= 0.6 is 0 Å². The molecule has 0 unspecified atom stereocenters. The van der Waals surface area contributed by atoms with Gasteiger partial charge in [0.2, 0.25) is 0 Å². The molecular weight excluding hydrogens is 264 g/mol. The number of fused-ring (bicyclic) bond motifs is 5. The molecule has 0 aromatic rings. The lowest BCUT2D eigenvalue weighted by atomic mass is 9.46. The summed E-state index contributed by atoms with van der Waals surface area (Å²) < 4.78 is 0. The van der Waals surface area contributed by atoms with Crippen LogP contribution < -0.4 is 0 Å². The van der Waals surface area contributed by atoms with Crippen molar-refractivity contribution in [3.63, 3.8) is 0 Å². The third-order valence-electron chi connectivity index (χ3n) is 8.30. The molecule has 0 amide bonds. The minimum Gasteiger partial charge on any atom is -0.0845 e. The highest BCUT2D eigenvalue weighted by Crippen LogP contribution is 2.66. The van der Waals surface area contributed by atoms with E-state index in [1.165, 1.54) is 57.8 Å². The van der Waals surface area contributed by atoms with Gasteiger partial charge in [0, 0.05) is 0 Å². The van der Waals surface area contributed by atoms with Crippen LogP contribution in [0, 0.1) is 34.5 Å². The number of allylic oxidation sites excluding steroid dienone is 2. The standard InChI is InChI=1S/C22H36/c1-16(2)15-22-13-5-4-7-17(22)9-10-18-19-8-6-12-21(19,3)14-11-20(18)22/h9,16,18-20H,4-8,10-15H2,1-3H3/t18-,19-,20+,21-,22+/m0/s1. The van der Waals surface area contributed by atoms with Gasteiger partial charge in [-0.1, -0.05) is 45.3 Å². The lowest BCUT2D eigenvalue weighted by molar-refractivity contribution is -0.0403. The molecule has 4 rings (SSSR count). The van der Waals surface area contributed by atoms with Crippen molar-refractivity contribution in [2.24, 2.45) is 34.5 Å². The molecule has 0 aromatic carbocycles. The van der Waals surface area contributed by atoms with Crippen molar-refractivity contribution >= 4 is 0 Å². The molecule has 3 saturated carbocycles. The van der Waals surface area contributed by atoms with Gasteiger partial charge in [0.05, 0.1) is 0 Å². The first kappa shape index (κ1) is 15.3. The average Bonchev–Trinajstić information content (AvgIpc) is 2.88. The summed E-state index contributed by atoms with van der Waals surface area (Å²) in [5.74, 6) is 3.97. The maximum atomic E-state index is 2.76. The third kappa shape index (κ3) is 2.15. The van der Waals surface area contributed by atoms with E-state index in [9.17, 15) is 0 Å². The van der Waals surface area contributed by atoms with Crippen LogP contribution in [0.3, 0.4) is 0 Å². The second-order valence-corrected chi connectivity index (χ2v) is 9.89. The molecule has 0 heteroatoms. The summed E-state index contributed by atoms with van der Waals surface area (Å²) in [6.45, 7) is 7.57. The normalized spacial score (nSPS) is 47.6. The number of rotatable bonds is 2. The molecule has 0 N–H and O–H groups in total. The van der Waals surface area contributed by atoms with Crippen LogP contribution in [-0.4, -0.2) is 0 Å². The second-order valence-electron chi connectivity index (χ2n) is 9.89. The quantitative estimate of drug-likeness (QED) is 0.494. The highest BCUT2D eigenvalue weighted by atomic mass is 14.6. The van der Waals surface area contributed by atoms with Crippen molar-refractivity contribution in [3.8, 4) is 0 Å². The molecule has 0 spiro atoms. The topological polar surface area (TPSA) is 0 Å². The Bertz CT molecular complexity index is 459. The Hall–Kier alpha value is -0.260. The van der Waals surface area contributed by atoms with Gasteiger partial charge >= 0.3 is 0 Å². The van der Waals surface area contributed by atoms with Crippen molar-refractivity contribution in [1.29, 1.82) is 0 Å². The molecule has 0 aliphatic heterocycles. The molecule has 3 fully saturated rings. The Labute approximate surface area is 138 Å². The summed E-state index contributed by atoms with van der Waals surface area (Å²) in [7, 11) is 0. The second kappa shape index (κ2) is 5.38. The lowest BCUT2D eigenvalue weighted by Gasteiger charge is -2.58. The maximum absolute atomic E-state index is 2.76. The van der Waals surface area contributed by atoms with Crippen LogP contribution in [0.4, 0.5) is 0 Å². The van der Waals surface area contributed by atoms with E-state index >= 15 is 0 Å². The zero-order chi connectivity index (χ0) is 15.4. The summed E-state index contributed by atoms with van der Waals surface area (Å²) in [6.07, 6.45) is 19.2. The Morgan fingerprint density at radius 1 is 1.05 bits per heavy atom. The van der Waals surface area contributed by atoms with Gasteiger partial charge in [0.15, 0.2) is 0 Å². The van der Waals surface area contributed by atoms with Crippen LogP contribution in [0.5, 0.6) is 0 Å². The molecule has 0 aromatic heterocycles. The molecule has 0 saturated heterocycles. The van der Waals surface area contributed by atoms with E-state index in [2.05, 4.69) is 26.8 Å². The van der Waals surface area contributed by atoms with Gasteiger partial charge in [-0.25, -0.2) is 0 Å². The predicted molar refractivity (Wildman–Crippen MR) is 94.7 cm³/mol. The van der Waals surface area contributed by atoms with Gasteiger partial charge in [-0.05, 0) is 92.3 Å². The molecule has 22 heavy (non-hydrogen) atoms. The van der Waals surface area contributed by atoms with E-state index < -0.39 is 0 Å². The summed E-state index contributed by atoms with van der Waals surface area (Å²) in [4.78, 5) is 0. The Balaban J connectivity index is 1.71. The van der Waals surface area contributed by atoms with E-state index in [1.54, 1.807) is 12.8 Å². The third-order valence-corrected chi connectivity index (χ3v) is 8.30. The van der Waals surface area contributed by atoms with Crippen LogP contribution in [0.25, 0.3) is 0 Å². The van der Waals surface area contributed by atoms with E-state index in [-0.39, 0.29) is 0 Å². The van der Waals surface area contributed by atoms with Crippen molar-refractivity contribution in [2.75, 3.05) is 0 Å². The molecule has 0 radical (unpaired) electrons. The molecule has 0 bridgehead atoms. The number of hydrogen-bond donors (Lipinski definition) is 0. The van der Waals surface area contributed by atoms with Crippen LogP contribution in [-0.2, 0) is 0 Å². The van der Waals surface area contributed by atoms with E-state index in [0.717, 1.165) is 23.7 Å². The van der Waals surface area contributed by atoms with Crippen molar-refractivity contribution in [1.82, 2.24) is 0 Å². The van der Waals surface area contributed by atoms with Crippen LogP contribution in [0.15, 0.2) is 11.6 Å². The molecule has 4 aliphatic carbocycles.